The second kappa shape index (κ2) is 9.26. The lowest BCUT2D eigenvalue weighted by Gasteiger charge is -2.13. The Morgan fingerprint density at radius 3 is 2.47 bits per heavy atom. The lowest BCUT2D eigenvalue weighted by molar-refractivity contribution is 0.271. The molecule has 5 aromatic rings. The number of nitrogens with one attached hydrogen (secondary N) is 1. The second-order valence-electron chi connectivity index (χ2n) is 7.35. The van der Waals surface area contributed by atoms with Gasteiger partial charge in [0.15, 0.2) is 5.82 Å². The van der Waals surface area contributed by atoms with E-state index in [4.69, 9.17) is 9.47 Å². The molecule has 0 saturated heterocycles. The van der Waals surface area contributed by atoms with Crippen molar-refractivity contribution in [2.24, 2.45) is 0 Å². The molecular formula is C25H21N5O2. The number of pyridine rings is 1. The summed E-state index contributed by atoms with van der Waals surface area (Å²) < 4.78 is 12.1. The van der Waals surface area contributed by atoms with Gasteiger partial charge in [-0.25, -0.2) is 10.1 Å². The van der Waals surface area contributed by atoms with Gasteiger partial charge in [-0.15, -0.1) is 5.10 Å². The third-order valence-electron chi connectivity index (χ3n) is 5.08. The average molecular weight is 423 g/mol. The normalized spacial score (nSPS) is 10.9. The van der Waals surface area contributed by atoms with E-state index in [1.807, 2.05) is 72.8 Å². The molecule has 0 aliphatic heterocycles. The second-order valence-corrected chi connectivity index (χ2v) is 7.35. The van der Waals surface area contributed by atoms with Gasteiger partial charge in [0.05, 0.1) is 11.2 Å². The van der Waals surface area contributed by atoms with E-state index in [9.17, 15) is 0 Å². The Kier molecular flexibility index (Phi) is 5.70. The summed E-state index contributed by atoms with van der Waals surface area (Å²) >= 11 is 0. The van der Waals surface area contributed by atoms with Gasteiger partial charge in [-0.05, 0) is 46.3 Å². The SMILES string of the molecule is c1ccc(OCc2ccc3ccccc3n2)c(COc2ccc(Cc3nnn[nH]3)cc2)c1. The van der Waals surface area contributed by atoms with Crippen LogP contribution in [-0.4, -0.2) is 25.6 Å². The fraction of sp³-hybridized carbons (Fsp3) is 0.120. The van der Waals surface area contributed by atoms with Gasteiger partial charge in [-0.3, -0.25) is 0 Å². The van der Waals surface area contributed by atoms with E-state index >= 15 is 0 Å². The highest BCUT2D eigenvalue weighted by atomic mass is 16.5. The Morgan fingerprint density at radius 1 is 0.750 bits per heavy atom. The third-order valence-corrected chi connectivity index (χ3v) is 5.08. The van der Waals surface area contributed by atoms with Gasteiger partial charge in [0.1, 0.15) is 24.7 Å². The number of para-hydroxylation sites is 2. The van der Waals surface area contributed by atoms with Crippen molar-refractivity contribution in [3.63, 3.8) is 0 Å². The van der Waals surface area contributed by atoms with E-state index in [0.29, 0.717) is 19.6 Å². The Morgan fingerprint density at radius 2 is 1.59 bits per heavy atom. The van der Waals surface area contributed by atoms with Crippen molar-refractivity contribution in [3.05, 3.63) is 108 Å². The maximum Gasteiger partial charge on any atom is 0.152 e. The van der Waals surface area contributed by atoms with E-state index in [2.05, 4.69) is 37.7 Å². The van der Waals surface area contributed by atoms with Crippen LogP contribution in [0.15, 0.2) is 84.9 Å². The molecule has 0 aliphatic rings. The molecule has 0 spiro atoms. The summed E-state index contributed by atoms with van der Waals surface area (Å²) in [4.78, 5) is 4.68. The smallest absolute Gasteiger partial charge is 0.152 e. The number of nitrogens with zero attached hydrogens (tertiary/aromatic N) is 4. The minimum Gasteiger partial charge on any atom is -0.489 e. The molecule has 0 bridgehead atoms. The molecule has 0 fully saturated rings. The standard InChI is InChI=1S/C25H21N5O2/c1-3-7-23-19(5-1)11-12-21(26-23)17-32-24-8-4-2-6-20(24)16-31-22-13-9-18(10-14-22)15-25-27-29-30-28-25/h1-14H,15-17H2,(H,27,28,29,30). The van der Waals surface area contributed by atoms with Crippen molar-refractivity contribution in [1.29, 1.82) is 0 Å². The number of hydrogen-bond acceptors (Lipinski definition) is 6. The van der Waals surface area contributed by atoms with Gasteiger partial charge in [0, 0.05) is 17.4 Å². The van der Waals surface area contributed by atoms with Gasteiger partial charge in [-0.1, -0.05) is 54.6 Å². The van der Waals surface area contributed by atoms with Crippen LogP contribution >= 0.6 is 0 Å². The van der Waals surface area contributed by atoms with E-state index in [1.165, 1.54) is 0 Å². The quantitative estimate of drug-likeness (QED) is 0.396. The highest BCUT2D eigenvalue weighted by Crippen LogP contribution is 2.23. The van der Waals surface area contributed by atoms with Crippen LogP contribution in [0.4, 0.5) is 0 Å². The van der Waals surface area contributed by atoms with Crippen LogP contribution in [0.3, 0.4) is 0 Å². The molecule has 5 rings (SSSR count). The van der Waals surface area contributed by atoms with Crippen LogP contribution in [0.2, 0.25) is 0 Å². The molecule has 0 aliphatic carbocycles. The molecule has 2 aromatic heterocycles. The predicted molar refractivity (Wildman–Crippen MR) is 120 cm³/mol. The fourth-order valence-electron chi connectivity index (χ4n) is 3.42. The molecule has 32 heavy (non-hydrogen) atoms. The Balaban J connectivity index is 1.21. The molecule has 0 unspecified atom stereocenters. The molecular weight excluding hydrogens is 402 g/mol. The summed E-state index contributed by atoms with van der Waals surface area (Å²) in [6, 6.07) is 27.9. The van der Waals surface area contributed by atoms with Gasteiger partial charge in [0.25, 0.3) is 0 Å². The Bertz CT molecular complexity index is 1300. The summed E-state index contributed by atoms with van der Waals surface area (Å²) in [6.45, 7) is 0.805. The van der Waals surface area contributed by atoms with Gasteiger partial charge < -0.3 is 9.47 Å². The molecule has 0 radical (unpaired) electrons. The first-order chi connectivity index (χ1) is 15.8. The van der Waals surface area contributed by atoms with E-state index < -0.39 is 0 Å². The number of hydrogen-bond donors (Lipinski definition) is 1. The van der Waals surface area contributed by atoms with Gasteiger partial charge in [0.2, 0.25) is 0 Å². The summed E-state index contributed by atoms with van der Waals surface area (Å²) in [5, 5.41) is 15.0. The molecule has 3 aromatic carbocycles. The zero-order valence-electron chi connectivity index (χ0n) is 17.3. The van der Waals surface area contributed by atoms with Crippen molar-refractivity contribution in [1.82, 2.24) is 25.6 Å². The zero-order chi connectivity index (χ0) is 21.6. The molecule has 1 N–H and O–H groups in total. The van der Waals surface area contributed by atoms with Crippen molar-refractivity contribution in [2.45, 2.75) is 19.6 Å². The number of ether oxygens (including phenoxy) is 2. The number of tetrazole rings is 1. The summed E-state index contributed by atoms with van der Waals surface area (Å²) in [6.07, 6.45) is 0.646. The first kappa shape index (κ1) is 19.7. The van der Waals surface area contributed by atoms with Crippen LogP contribution in [0.1, 0.15) is 22.6 Å². The van der Waals surface area contributed by atoms with Crippen LogP contribution in [0.5, 0.6) is 11.5 Å². The van der Waals surface area contributed by atoms with Crippen molar-refractivity contribution < 1.29 is 9.47 Å². The first-order valence-electron chi connectivity index (χ1n) is 10.3. The molecule has 7 heteroatoms. The van der Waals surface area contributed by atoms with Crippen LogP contribution in [0, 0.1) is 0 Å². The number of benzene rings is 3. The maximum absolute atomic E-state index is 6.07. The molecule has 0 amide bonds. The Labute approximate surface area is 185 Å². The summed E-state index contributed by atoms with van der Waals surface area (Å²) in [5.74, 6) is 2.30. The van der Waals surface area contributed by atoms with Crippen LogP contribution in [0.25, 0.3) is 10.9 Å². The number of fused-ring (bicyclic) bond motifs is 1. The van der Waals surface area contributed by atoms with Gasteiger partial charge >= 0.3 is 0 Å². The largest absolute Gasteiger partial charge is 0.489 e. The highest BCUT2D eigenvalue weighted by Gasteiger charge is 2.07. The molecule has 7 nitrogen and oxygen atoms in total. The molecule has 0 atom stereocenters. The maximum atomic E-state index is 6.07. The topological polar surface area (TPSA) is 85.8 Å². The van der Waals surface area contributed by atoms with Crippen LogP contribution < -0.4 is 9.47 Å². The number of aromatic amines is 1. The number of aromatic nitrogens is 5. The van der Waals surface area contributed by atoms with E-state index in [1.54, 1.807) is 0 Å². The third kappa shape index (κ3) is 4.73. The van der Waals surface area contributed by atoms with Gasteiger partial charge in [-0.2, -0.15) is 0 Å². The zero-order valence-corrected chi connectivity index (χ0v) is 17.3. The lowest BCUT2D eigenvalue weighted by Crippen LogP contribution is -2.03. The van der Waals surface area contributed by atoms with Crippen molar-refractivity contribution in [2.75, 3.05) is 0 Å². The summed E-state index contributed by atoms with van der Waals surface area (Å²) in [5.41, 5.74) is 3.93. The summed E-state index contributed by atoms with van der Waals surface area (Å²) in [7, 11) is 0. The monoisotopic (exact) mass is 423 g/mol. The highest BCUT2D eigenvalue weighted by molar-refractivity contribution is 5.78. The molecule has 2 heterocycles. The predicted octanol–water partition coefficient (Wildman–Crippen LogP) is 4.50. The van der Waals surface area contributed by atoms with Crippen molar-refractivity contribution in [3.8, 4) is 11.5 Å². The molecule has 158 valence electrons. The molecule has 0 saturated carbocycles. The fourth-order valence-corrected chi connectivity index (χ4v) is 3.42. The van der Waals surface area contributed by atoms with Crippen molar-refractivity contribution >= 4 is 10.9 Å². The van der Waals surface area contributed by atoms with E-state index in [0.717, 1.165) is 45.0 Å². The minimum absolute atomic E-state index is 0.396. The number of rotatable bonds is 8. The average Bonchev–Trinajstić information content (AvgIpc) is 3.36. The number of H-pyrrole nitrogens is 1. The first-order valence-corrected chi connectivity index (χ1v) is 10.3. The van der Waals surface area contributed by atoms with E-state index in [-0.39, 0.29) is 0 Å². The lowest BCUT2D eigenvalue weighted by atomic mass is 10.1. The minimum atomic E-state index is 0.396. The Hall–Kier alpha value is -4.26. The van der Waals surface area contributed by atoms with Crippen LogP contribution in [-0.2, 0) is 19.6 Å².